The SMILES string of the molecule is COc1cccc(C(O)C2CCOC3(CCOC3)C2)c1N. The van der Waals surface area contributed by atoms with Crippen LogP contribution in [-0.2, 0) is 9.47 Å². The van der Waals surface area contributed by atoms with Crippen LogP contribution < -0.4 is 10.5 Å². The second-order valence-electron chi connectivity index (χ2n) is 5.99. The first-order valence-corrected chi connectivity index (χ1v) is 7.47. The second-order valence-corrected chi connectivity index (χ2v) is 5.99. The third kappa shape index (κ3) is 2.73. The second kappa shape index (κ2) is 5.83. The molecule has 2 fully saturated rings. The van der Waals surface area contributed by atoms with E-state index in [1.54, 1.807) is 7.11 Å². The summed E-state index contributed by atoms with van der Waals surface area (Å²) in [5.41, 5.74) is 7.16. The maximum Gasteiger partial charge on any atom is 0.142 e. The summed E-state index contributed by atoms with van der Waals surface area (Å²) in [6, 6.07) is 5.54. The Labute approximate surface area is 125 Å². The van der Waals surface area contributed by atoms with Crippen LogP contribution in [0, 0.1) is 5.92 Å². The summed E-state index contributed by atoms with van der Waals surface area (Å²) in [4.78, 5) is 0. The largest absolute Gasteiger partial charge is 0.495 e. The molecule has 0 aliphatic carbocycles. The molecule has 2 saturated heterocycles. The molecule has 2 heterocycles. The quantitative estimate of drug-likeness (QED) is 0.833. The van der Waals surface area contributed by atoms with Crippen LogP contribution in [0.1, 0.15) is 30.9 Å². The summed E-state index contributed by atoms with van der Waals surface area (Å²) >= 11 is 0. The summed E-state index contributed by atoms with van der Waals surface area (Å²) in [6.07, 6.45) is 1.95. The fourth-order valence-electron chi connectivity index (χ4n) is 3.45. The van der Waals surface area contributed by atoms with Gasteiger partial charge in [0.1, 0.15) is 5.75 Å². The summed E-state index contributed by atoms with van der Waals surface area (Å²) in [7, 11) is 1.58. The van der Waals surface area contributed by atoms with Gasteiger partial charge in [0.05, 0.1) is 31.1 Å². The van der Waals surface area contributed by atoms with Crippen molar-refractivity contribution in [1.29, 1.82) is 0 Å². The Morgan fingerprint density at radius 3 is 3.00 bits per heavy atom. The Morgan fingerprint density at radius 1 is 1.43 bits per heavy atom. The topological polar surface area (TPSA) is 73.9 Å². The molecule has 2 aliphatic rings. The van der Waals surface area contributed by atoms with E-state index in [9.17, 15) is 5.11 Å². The minimum absolute atomic E-state index is 0.134. The highest BCUT2D eigenvalue weighted by Gasteiger charge is 2.43. The monoisotopic (exact) mass is 293 g/mol. The van der Waals surface area contributed by atoms with Gasteiger partial charge in [-0.3, -0.25) is 0 Å². The Morgan fingerprint density at radius 2 is 2.29 bits per heavy atom. The molecule has 3 unspecified atom stereocenters. The molecule has 1 spiro atoms. The van der Waals surface area contributed by atoms with Crippen molar-refractivity contribution in [2.75, 3.05) is 32.7 Å². The molecule has 2 aliphatic heterocycles. The first-order valence-electron chi connectivity index (χ1n) is 7.47. The van der Waals surface area contributed by atoms with Gasteiger partial charge in [-0.1, -0.05) is 12.1 Å². The van der Waals surface area contributed by atoms with Crippen LogP contribution in [0.4, 0.5) is 5.69 Å². The fraction of sp³-hybridized carbons (Fsp3) is 0.625. The number of rotatable bonds is 3. The van der Waals surface area contributed by atoms with E-state index in [0.717, 1.165) is 31.4 Å². The summed E-state index contributed by atoms with van der Waals surface area (Å²) in [6.45, 7) is 2.03. The van der Waals surface area contributed by atoms with Crippen LogP contribution in [0.3, 0.4) is 0 Å². The van der Waals surface area contributed by atoms with E-state index in [-0.39, 0.29) is 11.5 Å². The molecule has 0 aromatic heterocycles. The predicted octanol–water partition coefficient (Wildman–Crippen LogP) is 1.90. The zero-order valence-corrected chi connectivity index (χ0v) is 12.4. The number of para-hydroxylation sites is 1. The summed E-state index contributed by atoms with van der Waals surface area (Å²) in [5, 5.41) is 10.8. The van der Waals surface area contributed by atoms with Gasteiger partial charge in [-0.05, 0) is 24.8 Å². The summed E-state index contributed by atoms with van der Waals surface area (Å²) in [5.74, 6) is 0.743. The Bertz CT molecular complexity index is 499. The first kappa shape index (κ1) is 14.6. The van der Waals surface area contributed by atoms with Gasteiger partial charge in [0, 0.05) is 25.2 Å². The number of nitrogen functional groups attached to an aromatic ring is 1. The van der Waals surface area contributed by atoms with Crippen molar-refractivity contribution < 1.29 is 19.3 Å². The smallest absolute Gasteiger partial charge is 0.142 e. The predicted molar refractivity (Wildman–Crippen MR) is 79.2 cm³/mol. The van der Waals surface area contributed by atoms with Crippen LogP contribution in [0.2, 0.25) is 0 Å². The zero-order valence-electron chi connectivity index (χ0n) is 12.4. The van der Waals surface area contributed by atoms with Crippen molar-refractivity contribution in [2.45, 2.75) is 31.0 Å². The van der Waals surface area contributed by atoms with Gasteiger partial charge in [-0.2, -0.15) is 0 Å². The number of anilines is 1. The lowest BCUT2D eigenvalue weighted by molar-refractivity contribution is -0.117. The average Bonchev–Trinajstić information content (AvgIpc) is 2.94. The van der Waals surface area contributed by atoms with Crippen LogP contribution in [0.15, 0.2) is 18.2 Å². The third-order valence-corrected chi connectivity index (χ3v) is 4.68. The molecule has 0 saturated carbocycles. The fourth-order valence-corrected chi connectivity index (χ4v) is 3.45. The van der Waals surface area contributed by atoms with Crippen molar-refractivity contribution >= 4 is 5.69 Å². The third-order valence-electron chi connectivity index (χ3n) is 4.68. The lowest BCUT2D eigenvalue weighted by atomic mass is 9.80. The van der Waals surface area contributed by atoms with Crippen molar-refractivity contribution in [3.05, 3.63) is 23.8 Å². The number of aliphatic hydroxyl groups excluding tert-OH is 1. The molecular formula is C16H23NO4. The highest BCUT2D eigenvalue weighted by atomic mass is 16.6. The normalized spacial score (nSPS) is 30.5. The zero-order chi connectivity index (χ0) is 14.9. The van der Waals surface area contributed by atoms with Crippen molar-refractivity contribution in [1.82, 2.24) is 0 Å². The van der Waals surface area contributed by atoms with Crippen LogP contribution in [0.25, 0.3) is 0 Å². The average molecular weight is 293 g/mol. The molecular weight excluding hydrogens is 270 g/mol. The number of nitrogens with two attached hydrogens (primary N) is 1. The van der Waals surface area contributed by atoms with E-state index < -0.39 is 6.10 Å². The lowest BCUT2D eigenvalue weighted by Crippen LogP contribution is -2.42. The highest BCUT2D eigenvalue weighted by molar-refractivity contribution is 5.59. The number of aliphatic hydroxyl groups is 1. The molecule has 3 N–H and O–H groups in total. The van der Waals surface area contributed by atoms with E-state index in [2.05, 4.69) is 0 Å². The first-order chi connectivity index (χ1) is 10.2. The molecule has 0 bridgehead atoms. The van der Waals surface area contributed by atoms with Crippen molar-refractivity contribution in [3.8, 4) is 5.75 Å². The molecule has 116 valence electrons. The maximum absolute atomic E-state index is 10.8. The number of ether oxygens (including phenoxy) is 3. The molecule has 1 aromatic rings. The molecule has 21 heavy (non-hydrogen) atoms. The lowest BCUT2D eigenvalue weighted by Gasteiger charge is -2.39. The number of methoxy groups -OCH3 is 1. The van der Waals surface area contributed by atoms with E-state index in [1.165, 1.54) is 0 Å². The van der Waals surface area contributed by atoms with Crippen molar-refractivity contribution in [2.24, 2.45) is 5.92 Å². The van der Waals surface area contributed by atoms with E-state index in [1.807, 2.05) is 18.2 Å². The number of benzene rings is 1. The highest BCUT2D eigenvalue weighted by Crippen LogP contribution is 2.43. The standard InChI is InChI=1S/C16H23NO4/c1-19-13-4-2-3-12(14(13)17)15(18)11-5-7-21-16(9-11)6-8-20-10-16/h2-4,11,15,18H,5-10,17H2,1H3. The molecule has 5 nitrogen and oxygen atoms in total. The number of hydrogen-bond donors (Lipinski definition) is 2. The van der Waals surface area contributed by atoms with Crippen LogP contribution in [0.5, 0.6) is 5.75 Å². The van der Waals surface area contributed by atoms with Gasteiger partial charge in [-0.25, -0.2) is 0 Å². The van der Waals surface area contributed by atoms with Crippen LogP contribution >= 0.6 is 0 Å². The minimum Gasteiger partial charge on any atom is -0.495 e. The van der Waals surface area contributed by atoms with Gasteiger partial charge in [-0.15, -0.1) is 0 Å². The van der Waals surface area contributed by atoms with Gasteiger partial charge in [0.15, 0.2) is 0 Å². The van der Waals surface area contributed by atoms with Gasteiger partial charge < -0.3 is 25.1 Å². The minimum atomic E-state index is -0.596. The maximum atomic E-state index is 10.8. The van der Waals surface area contributed by atoms with E-state index in [4.69, 9.17) is 19.9 Å². The molecule has 1 aromatic carbocycles. The van der Waals surface area contributed by atoms with Crippen molar-refractivity contribution in [3.63, 3.8) is 0 Å². The molecule has 3 rings (SSSR count). The Balaban J connectivity index is 1.80. The summed E-state index contributed by atoms with van der Waals surface area (Å²) < 4.78 is 16.6. The Hall–Kier alpha value is -1.30. The molecule has 0 amide bonds. The number of hydrogen-bond acceptors (Lipinski definition) is 5. The van der Waals surface area contributed by atoms with Gasteiger partial charge in [0.25, 0.3) is 0 Å². The Kier molecular flexibility index (Phi) is 4.06. The van der Waals surface area contributed by atoms with E-state index >= 15 is 0 Å². The molecule has 3 atom stereocenters. The van der Waals surface area contributed by atoms with Crippen LogP contribution in [-0.4, -0.2) is 37.6 Å². The van der Waals surface area contributed by atoms with E-state index in [0.29, 0.717) is 24.7 Å². The molecule has 0 radical (unpaired) electrons. The molecule has 5 heteroatoms. The van der Waals surface area contributed by atoms with Gasteiger partial charge >= 0.3 is 0 Å². The van der Waals surface area contributed by atoms with Gasteiger partial charge in [0.2, 0.25) is 0 Å².